The molecule has 0 aromatic rings. The first-order valence-corrected chi connectivity index (χ1v) is 6.67. The van der Waals surface area contributed by atoms with Gasteiger partial charge in [-0.25, -0.2) is 9.59 Å². The third kappa shape index (κ3) is 6.27. The van der Waals surface area contributed by atoms with Crippen LogP contribution in [0.4, 0.5) is 4.79 Å². The fraction of sp³-hybridized carbons (Fsp3) is 0.714. The molecule has 0 radical (unpaired) electrons. The van der Waals surface area contributed by atoms with Crippen molar-refractivity contribution >= 4 is 12.1 Å². The normalized spacial score (nSPS) is 16.7. The van der Waals surface area contributed by atoms with Gasteiger partial charge in [0.1, 0.15) is 5.60 Å². The SMILES string of the molecule is CC(C)(C)OC(=O)NC/C(=C\CC1CCC1)C(=O)O. The zero-order valence-electron chi connectivity index (χ0n) is 11.9. The number of carboxylic acids is 1. The molecule has 1 aliphatic carbocycles. The molecule has 1 amide bonds. The summed E-state index contributed by atoms with van der Waals surface area (Å²) in [5.41, 5.74) is -0.360. The number of carbonyl (C=O) groups excluding carboxylic acids is 1. The maximum atomic E-state index is 11.4. The quantitative estimate of drug-likeness (QED) is 0.752. The minimum atomic E-state index is -0.990. The van der Waals surface area contributed by atoms with Crippen LogP contribution in [0.2, 0.25) is 0 Å². The largest absolute Gasteiger partial charge is 0.478 e. The number of carbonyl (C=O) groups is 2. The molecule has 19 heavy (non-hydrogen) atoms. The Hall–Kier alpha value is -1.52. The highest BCUT2D eigenvalue weighted by atomic mass is 16.6. The highest BCUT2D eigenvalue weighted by Crippen LogP contribution is 2.29. The summed E-state index contributed by atoms with van der Waals surface area (Å²) in [4.78, 5) is 22.5. The smallest absolute Gasteiger partial charge is 0.407 e. The number of carboxylic acid groups (broad SMARTS) is 1. The maximum absolute atomic E-state index is 11.4. The molecule has 5 nitrogen and oxygen atoms in total. The van der Waals surface area contributed by atoms with Crippen molar-refractivity contribution in [1.29, 1.82) is 0 Å². The average Bonchev–Trinajstić information content (AvgIpc) is 2.17. The van der Waals surface area contributed by atoms with Crippen LogP contribution in [0.25, 0.3) is 0 Å². The summed E-state index contributed by atoms with van der Waals surface area (Å²) in [6.07, 6.45) is 5.47. The van der Waals surface area contributed by atoms with E-state index in [0.29, 0.717) is 5.92 Å². The zero-order valence-corrected chi connectivity index (χ0v) is 11.9. The van der Waals surface area contributed by atoms with E-state index in [1.807, 2.05) is 0 Å². The van der Waals surface area contributed by atoms with E-state index in [2.05, 4.69) is 5.32 Å². The van der Waals surface area contributed by atoms with E-state index in [-0.39, 0.29) is 12.1 Å². The first kappa shape index (κ1) is 15.5. The highest BCUT2D eigenvalue weighted by Gasteiger charge is 2.19. The maximum Gasteiger partial charge on any atom is 0.407 e. The Bertz CT molecular complexity index is 364. The van der Waals surface area contributed by atoms with Crippen LogP contribution in [-0.2, 0) is 9.53 Å². The lowest BCUT2D eigenvalue weighted by Gasteiger charge is -2.24. The number of allylic oxidation sites excluding steroid dienone is 1. The van der Waals surface area contributed by atoms with Gasteiger partial charge in [0.25, 0.3) is 0 Å². The van der Waals surface area contributed by atoms with E-state index in [0.717, 1.165) is 6.42 Å². The summed E-state index contributed by atoms with van der Waals surface area (Å²) in [7, 11) is 0. The molecule has 0 saturated heterocycles. The summed E-state index contributed by atoms with van der Waals surface area (Å²) in [6, 6.07) is 0. The third-order valence-corrected chi connectivity index (χ3v) is 3.02. The third-order valence-electron chi connectivity index (χ3n) is 3.02. The predicted molar refractivity (Wildman–Crippen MR) is 71.9 cm³/mol. The van der Waals surface area contributed by atoms with Crippen LogP contribution in [0.1, 0.15) is 46.5 Å². The summed E-state index contributed by atoms with van der Waals surface area (Å²) in [6.45, 7) is 5.28. The van der Waals surface area contributed by atoms with Gasteiger partial charge in [0.05, 0.1) is 12.1 Å². The second kappa shape index (κ2) is 6.59. The average molecular weight is 269 g/mol. The van der Waals surface area contributed by atoms with Crippen molar-refractivity contribution in [2.45, 2.75) is 52.1 Å². The van der Waals surface area contributed by atoms with Gasteiger partial charge in [0.15, 0.2) is 0 Å². The van der Waals surface area contributed by atoms with Crippen molar-refractivity contribution in [3.63, 3.8) is 0 Å². The standard InChI is InChI=1S/C14H23NO4/c1-14(2,3)19-13(18)15-9-11(12(16)17)8-7-10-5-4-6-10/h8,10H,4-7,9H2,1-3H3,(H,15,18)(H,16,17)/b11-8+. The minimum Gasteiger partial charge on any atom is -0.478 e. The van der Waals surface area contributed by atoms with Crippen molar-refractivity contribution in [2.24, 2.45) is 5.92 Å². The van der Waals surface area contributed by atoms with Gasteiger partial charge in [-0.2, -0.15) is 0 Å². The van der Waals surface area contributed by atoms with Crippen LogP contribution in [0.3, 0.4) is 0 Å². The van der Waals surface area contributed by atoms with E-state index in [4.69, 9.17) is 9.84 Å². The van der Waals surface area contributed by atoms with E-state index in [9.17, 15) is 9.59 Å². The molecule has 0 spiro atoms. The first-order chi connectivity index (χ1) is 8.78. The molecule has 0 heterocycles. The number of ether oxygens (including phenoxy) is 1. The number of rotatable bonds is 5. The van der Waals surface area contributed by atoms with Gasteiger partial charge >= 0.3 is 12.1 Å². The first-order valence-electron chi connectivity index (χ1n) is 6.67. The van der Waals surface area contributed by atoms with Crippen LogP contribution in [0.15, 0.2) is 11.6 Å². The molecular formula is C14H23NO4. The van der Waals surface area contributed by atoms with Crippen LogP contribution < -0.4 is 5.32 Å². The summed E-state index contributed by atoms with van der Waals surface area (Å²) in [5, 5.41) is 11.5. The molecule has 0 atom stereocenters. The zero-order chi connectivity index (χ0) is 14.5. The van der Waals surface area contributed by atoms with Crippen LogP contribution in [0.5, 0.6) is 0 Å². The second-order valence-corrected chi connectivity index (χ2v) is 5.92. The Morgan fingerprint density at radius 2 is 2.00 bits per heavy atom. The van der Waals surface area contributed by atoms with Crippen LogP contribution >= 0.6 is 0 Å². The molecule has 2 N–H and O–H groups in total. The Morgan fingerprint density at radius 3 is 2.42 bits per heavy atom. The monoisotopic (exact) mass is 269 g/mol. The number of hydrogen-bond donors (Lipinski definition) is 2. The molecule has 0 aromatic carbocycles. The Balaban J connectivity index is 2.40. The topological polar surface area (TPSA) is 75.6 Å². The number of hydrogen-bond acceptors (Lipinski definition) is 3. The Kier molecular flexibility index (Phi) is 5.39. The number of aliphatic carboxylic acids is 1. The predicted octanol–water partition coefficient (Wildman–Crippen LogP) is 2.71. The molecule has 1 rings (SSSR count). The van der Waals surface area contributed by atoms with Crippen LogP contribution in [0, 0.1) is 5.92 Å². The lowest BCUT2D eigenvalue weighted by atomic mass is 9.82. The summed E-state index contributed by atoms with van der Waals surface area (Å²) >= 11 is 0. The van der Waals surface area contributed by atoms with E-state index in [1.165, 1.54) is 19.3 Å². The summed E-state index contributed by atoms with van der Waals surface area (Å²) < 4.78 is 5.06. The van der Waals surface area contributed by atoms with Crippen molar-refractivity contribution in [3.8, 4) is 0 Å². The molecular weight excluding hydrogens is 246 g/mol. The lowest BCUT2D eigenvalue weighted by Crippen LogP contribution is -2.34. The van der Waals surface area contributed by atoms with Crippen molar-refractivity contribution in [1.82, 2.24) is 5.32 Å². The molecule has 0 unspecified atom stereocenters. The number of amides is 1. The lowest BCUT2D eigenvalue weighted by molar-refractivity contribution is -0.132. The highest BCUT2D eigenvalue weighted by molar-refractivity contribution is 5.87. The molecule has 1 aliphatic rings. The Morgan fingerprint density at radius 1 is 1.37 bits per heavy atom. The molecule has 1 saturated carbocycles. The van der Waals surface area contributed by atoms with E-state index < -0.39 is 17.7 Å². The molecule has 108 valence electrons. The fourth-order valence-corrected chi connectivity index (χ4v) is 1.75. The van der Waals surface area contributed by atoms with E-state index in [1.54, 1.807) is 26.8 Å². The van der Waals surface area contributed by atoms with Gasteiger partial charge in [0.2, 0.25) is 0 Å². The van der Waals surface area contributed by atoms with Gasteiger partial charge in [0, 0.05) is 0 Å². The van der Waals surface area contributed by atoms with Gasteiger partial charge < -0.3 is 15.2 Å². The Labute approximate surface area is 114 Å². The van der Waals surface area contributed by atoms with E-state index >= 15 is 0 Å². The van der Waals surface area contributed by atoms with Crippen molar-refractivity contribution in [2.75, 3.05) is 6.54 Å². The van der Waals surface area contributed by atoms with Crippen molar-refractivity contribution in [3.05, 3.63) is 11.6 Å². The van der Waals surface area contributed by atoms with Gasteiger partial charge in [-0.15, -0.1) is 0 Å². The molecule has 0 bridgehead atoms. The van der Waals surface area contributed by atoms with Crippen molar-refractivity contribution < 1.29 is 19.4 Å². The number of alkyl carbamates (subject to hydrolysis) is 1. The second-order valence-electron chi connectivity index (χ2n) is 5.92. The van der Waals surface area contributed by atoms with Gasteiger partial charge in [-0.3, -0.25) is 0 Å². The van der Waals surface area contributed by atoms with Gasteiger partial charge in [-0.1, -0.05) is 25.3 Å². The number of nitrogens with one attached hydrogen (secondary N) is 1. The van der Waals surface area contributed by atoms with Gasteiger partial charge in [-0.05, 0) is 33.1 Å². The molecule has 1 fully saturated rings. The molecule has 0 aliphatic heterocycles. The summed E-state index contributed by atoms with van der Waals surface area (Å²) in [5.74, 6) is -0.383. The minimum absolute atomic E-state index is 0.00301. The van der Waals surface area contributed by atoms with Crippen LogP contribution in [-0.4, -0.2) is 29.3 Å². The fourth-order valence-electron chi connectivity index (χ4n) is 1.75. The molecule has 0 aromatic heterocycles. The molecule has 5 heteroatoms.